The van der Waals surface area contributed by atoms with Crippen LogP contribution >= 0.6 is 0 Å². The topological polar surface area (TPSA) is 40.5 Å². The molecule has 0 aromatic carbocycles. The highest BCUT2D eigenvalue weighted by atomic mass is 16.3. The van der Waals surface area contributed by atoms with Crippen molar-refractivity contribution in [3.05, 3.63) is 0 Å². The third-order valence-corrected chi connectivity index (χ3v) is 3.12. The maximum Gasteiger partial charge on any atom is 0.0799 e. The largest absolute Gasteiger partial charge is 0.394 e. The van der Waals surface area contributed by atoms with Crippen molar-refractivity contribution >= 4 is 0 Å². The Morgan fingerprint density at radius 3 is 2.25 bits per heavy atom. The van der Waals surface area contributed by atoms with Gasteiger partial charge >= 0.3 is 0 Å². The molecule has 0 saturated heterocycles. The van der Waals surface area contributed by atoms with Crippen molar-refractivity contribution in [2.45, 2.75) is 45.6 Å². The monoisotopic (exact) mass is 172 g/mol. The van der Waals surface area contributed by atoms with E-state index in [1.165, 1.54) is 12.8 Å². The van der Waals surface area contributed by atoms with Crippen LogP contribution in [0.15, 0.2) is 0 Å². The van der Waals surface area contributed by atoms with E-state index in [9.17, 15) is 5.11 Å². The molecule has 1 fully saturated rings. The zero-order valence-electron chi connectivity index (χ0n) is 8.08. The van der Waals surface area contributed by atoms with E-state index < -0.39 is 6.10 Å². The van der Waals surface area contributed by atoms with Crippen molar-refractivity contribution in [1.29, 1.82) is 0 Å². The maximum absolute atomic E-state index is 9.40. The molecular formula is C10H20O2. The van der Waals surface area contributed by atoms with Crippen LogP contribution in [-0.2, 0) is 0 Å². The normalized spacial score (nSPS) is 27.0. The van der Waals surface area contributed by atoms with Crippen LogP contribution in [0.2, 0.25) is 0 Å². The molecule has 0 amide bonds. The summed E-state index contributed by atoms with van der Waals surface area (Å²) in [6.45, 7) is 4.47. The molecule has 0 aromatic heterocycles. The van der Waals surface area contributed by atoms with Gasteiger partial charge in [0.05, 0.1) is 12.7 Å². The van der Waals surface area contributed by atoms with Gasteiger partial charge in [0.2, 0.25) is 0 Å². The lowest BCUT2D eigenvalue weighted by Crippen LogP contribution is -2.31. The highest BCUT2D eigenvalue weighted by molar-refractivity contribution is 4.81. The van der Waals surface area contributed by atoms with E-state index in [0.29, 0.717) is 11.3 Å². The second-order valence-electron chi connectivity index (χ2n) is 4.75. The third kappa shape index (κ3) is 2.46. The number of hydrogen-bond acceptors (Lipinski definition) is 2. The van der Waals surface area contributed by atoms with Gasteiger partial charge in [-0.1, -0.05) is 13.8 Å². The fraction of sp³-hybridized carbons (Fsp3) is 1.00. The van der Waals surface area contributed by atoms with Gasteiger partial charge < -0.3 is 10.2 Å². The van der Waals surface area contributed by atoms with Crippen LogP contribution in [0.4, 0.5) is 0 Å². The Morgan fingerprint density at radius 1 is 1.33 bits per heavy atom. The van der Waals surface area contributed by atoms with E-state index in [0.717, 1.165) is 12.8 Å². The molecule has 0 radical (unpaired) electrons. The molecule has 2 heteroatoms. The molecule has 0 aromatic rings. The van der Waals surface area contributed by atoms with Gasteiger partial charge in [-0.3, -0.25) is 0 Å². The SMILES string of the molecule is CC1(C)CCC(C(O)CO)CC1. The van der Waals surface area contributed by atoms with Crippen LogP contribution in [0.1, 0.15) is 39.5 Å². The summed E-state index contributed by atoms with van der Waals surface area (Å²) in [4.78, 5) is 0. The van der Waals surface area contributed by atoms with Crippen LogP contribution in [0.25, 0.3) is 0 Å². The first-order valence-corrected chi connectivity index (χ1v) is 4.84. The molecular weight excluding hydrogens is 152 g/mol. The van der Waals surface area contributed by atoms with Crippen molar-refractivity contribution in [1.82, 2.24) is 0 Å². The molecule has 0 aliphatic heterocycles. The van der Waals surface area contributed by atoms with Crippen molar-refractivity contribution < 1.29 is 10.2 Å². The summed E-state index contributed by atoms with van der Waals surface area (Å²) in [6.07, 6.45) is 3.99. The minimum atomic E-state index is -0.485. The molecule has 0 bridgehead atoms. The van der Waals surface area contributed by atoms with Gasteiger partial charge in [0, 0.05) is 0 Å². The molecule has 2 nitrogen and oxygen atoms in total. The van der Waals surface area contributed by atoms with Crippen molar-refractivity contribution in [2.24, 2.45) is 11.3 Å². The van der Waals surface area contributed by atoms with E-state index in [-0.39, 0.29) is 6.61 Å². The third-order valence-electron chi connectivity index (χ3n) is 3.12. The first-order chi connectivity index (χ1) is 5.55. The minimum absolute atomic E-state index is 0.0783. The van der Waals surface area contributed by atoms with E-state index in [1.807, 2.05) is 0 Å². The molecule has 72 valence electrons. The van der Waals surface area contributed by atoms with Crippen molar-refractivity contribution in [3.63, 3.8) is 0 Å². The minimum Gasteiger partial charge on any atom is -0.394 e. The Bertz CT molecular complexity index is 133. The first kappa shape index (κ1) is 10.0. The number of rotatable bonds is 2. The van der Waals surface area contributed by atoms with Gasteiger partial charge in [-0.2, -0.15) is 0 Å². The maximum atomic E-state index is 9.40. The molecule has 0 spiro atoms. The lowest BCUT2D eigenvalue weighted by atomic mass is 9.72. The quantitative estimate of drug-likeness (QED) is 0.663. The van der Waals surface area contributed by atoms with E-state index in [2.05, 4.69) is 13.8 Å². The molecule has 12 heavy (non-hydrogen) atoms. The molecule has 2 N–H and O–H groups in total. The predicted octanol–water partition coefficient (Wildman–Crippen LogP) is 1.56. The van der Waals surface area contributed by atoms with Crippen LogP contribution in [0, 0.1) is 11.3 Å². The second-order valence-corrected chi connectivity index (χ2v) is 4.75. The Balaban J connectivity index is 2.36. The Kier molecular flexibility index (Phi) is 3.13. The summed E-state index contributed by atoms with van der Waals surface area (Å²) in [5.41, 5.74) is 0.450. The summed E-state index contributed by atoms with van der Waals surface area (Å²) >= 11 is 0. The molecule has 1 rings (SSSR count). The molecule has 1 aliphatic carbocycles. The average molecular weight is 172 g/mol. The summed E-state index contributed by atoms with van der Waals surface area (Å²) < 4.78 is 0. The Morgan fingerprint density at radius 2 is 1.83 bits per heavy atom. The molecule has 1 atom stereocenters. The zero-order chi connectivity index (χ0) is 9.19. The standard InChI is InChI=1S/C10H20O2/c1-10(2)5-3-8(4-6-10)9(12)7-11/h8-9,11-12H,3-7H2,1-2H3. The highest BCUT2D eigenvalue weighted by Gasteiger charge is 2.29. The summed E-state index contributed by atoms with van der Waals surface area (Å²) in [7, 11) is 0. The summed E-state index contributed by atoms with van der Waals surface area (Å²) in [5, 5.41) is 18.2. The lowest BCUT2D eigenvalue weighted by molar-refractivity contribution is 0.0164. The fourth-order valence-corrected chi connectivity index (χ4v) is 1.96. The second kappa shape index (κ2) is 3.75. The van der Waals surface area contributed by atoms with Gasteiger partial charge in [0.25, 0.3) is 0 Å². The van der Waals surface area contributed by atoms with Gasteiger partial charge in [-0.05, 0) is 37.0 Å². The van der Waals surface area contributed by atoms with Crippen LogP contribution in [0.3, 0.4) is 0 Å². The van der Waals surface area contributed by atoms with Crippen molar-refractivity contribution in [3.8, 4) is 0 Å². The Hall–Kier alpha value is -0.0800. The lowest BCUT2D eigenvalue weighted by Gasteiger charge is -2.35. The van der Waals surface area contributed by atoms with Gasteiger partial charge in [0.1, 0.15) is 0 Å². The predicted molar refractivity (Wildman–Crippen MR) is 48.8 cm³/mol. The molecule has 1 aliphatic rings. The van der Waals surface area contributed by atoms with E-state index in [4.69, 9.17) is 5.11 Å². The highest BCUT2D eigenvalue weighted by Crippen LogP contribution is 2.38. The fourth-order valence-electron chi connectivity index (χ4n) is 1.96. The van der Waals surface area contributed by atoms with Crippen LogP contribution in [0.5, 0.6) is 0 Å². The van der Waals surface area contributed by atoms with Crippen LogP contribution in [-0.4, -0.2) is 22.9 Å². The molecule has 1 saturated carbocycles. The van der Waals surface area contributed by atoms with E-state index in [1.54, 1.807) is 0 Å². The number of aliphatic hydroxyl groups is 2. The average Bonchev–Trinajstić information content (AvgIpc) is 2.03. The van der Waals surface area contributed by atoms with Gasteiger partial charge in [-0.25, -0.2) is 0 Å². The smallest absolute Gasteiger partial charge is 0.0799 e. The summed E-state index contributed by atoms with van der Waals surface area (Å²) in [6, 6.07) is 0. The molecule has 0 heterocycles. The Labute approximate surface area is 74.6 Å². The van der Waals surface area contributed by atoms with Gasteiger partial charge in [0.15, 0.2) is 0 Å². The summed E-state index contributed by atoms with van der Waals surface area (Å²) in [5.74, 6) is 0.336. The number of aliphatic hydroxyl groups excluding tert-OH is 2. The van der Waals surface area contributed by atoms with Gasteiger partial charge in [-0.15, -0.1) is 0 Å². The van der Waals surface area contributed by atoms with Crippen molar-refractivity contribution in [2.75, 3.05) is 6.61 Å². The first-order valence-electron chi connectivity index (χ1n) is 4.84. The van der Waals surface area contributed by atoms with E-state index >= 15 is 0 Å². The zero-order valence-corrected chi connectivity index (χ0v) is 8.08. The van der Waals surface area contributed by atoms with Crippen LogP contribution < -0.4 is 0 Å². The number of hydrogen-bond donors (Lipinski definition) is 2. The molecule has 1 unspecified atom stereocenters.